The van der Waals surface area contributed by atoms with Gasteiger partial charge in [-0.1, -0.05) is 24.4 Å². The Morgan fingerprint density at radius 2 is 1.91 bits per heavy atom. The van der Waals surface area contributed by atoms with Crippen LogP contribution in [0.15, 0.2) is 30.9 Å². The highest BCUT2D eigenvalue weighted by molar-refractivity contribution is 6.31. The van der Waals surface area contributed by atoms with Gasteiger partial charge in [-0.3, -0.25) is 19.3 Å². The van der Waals surface area contributed by atoms with Crippen LogP contribution in [0.5, 0.6) is 0 Å². The fourth-order valence-electron chi connectivity index (χ4n) is 4.26. The number of benzene rings is 1. The summed E-state index contributed by atoms with van der Waals surface area (Å²) in [6.45, 7) is 0.850. The van der Waals surface area contributed by atoms with Crippen molar-refractivity contribution >= 4 is 41.0 Å². The van der Waals surface area contributed by atoms with Crippen LogP contribution >= 0.6 is 11.6 Å². The summed E-state index contributed by atoms with van der Waals surface area (Å²) in [5.41, 5.74) is 0.877. The summed E-state index contributed by atoms with van der Waals surface area (Å²) < 4.78 is 6.54. The zero-order valence-corrected chi connectivity index (χ0v) is 18.1. The van der Waals surface area contributed by atoms with E-state index < -0.39 is 24.5 Å². The lowest BCUT2D eigenvalue weighted by Gasteiger charge is -2.21. The number of amides is 3. The largest absolute Gasteiger partial charge is 0.454 e. The first-order valence-corrected chi connectivity index (χ1v) is 10.7. The number of nitrogens with zero attached hydrogens (tertiary/aromatic N) is 4. The zero-order valence-electron chi connectivity index (χ0n) is 17.4. The number of fused-ring (bicyclic) bond motifs is 1. The molecule has 2 aliphatic rings. The highest BCUT2D eigenvalue weighted by atomic mass is 35.5. The Morgan fingerprint density at radius 3 is 2.53 bits per heavy atom. The topological polar surface area (TPSA) is 123 Å². The lowest BCUT2D eigenvalue weighted by atomic mass is 9.81. The molecule has 1 saturated heterocycles. The Labute approximate surface area is 188 Å². The molecule has 3 atom stereocenters. The van der Waals surface area contributed by atoms with E-state index in [0.717, 1.165) is 17.7 Å². The van der Waals surface area contributed by atoms with Gasteiger partial charge in [-0.05, 0) is 38.0 Å². The van der Waals surface area contributed by atoms with Crippen LogP contribution in [0.3, 0.4) is 0 Å². The number of carbonyl (C=O) groups excluding carboxylic acids is 4. The molecular weight excluding hydrogens is 438 g/mol. The van der Waals surface area contributed by atoms with E-state index in [9.17, 15) is 19.2 Å². The molecule has 32 heavy (non-hydrogen) atoms. The van der Waals surface area contributed by atoms with Gasteiger partial charge in [-0.15, -0.1) is 0 Å². The number of nitrogens with one attached hydrogen (secondary N) is 1. The number of hydrogen-bond donors (Lipinski definition) is 1. The van der Waals surface area contributed by atoms with Crippen molar-refractivity contribution in [3.05, 3.63) is 35.9 Å². The van der Waals surface area contributed by atoms with E-state index >= 15 is 0 Å². The molecule has 1 aromatic heterocycles. The first-order valence-electron chi connectivity index (χ1n) is 10.3. The second kappa shape index (κ2) is 9.07. The van der Waals surface area contributed by atoms with E-state index in [0.29, 0.717) is 29.2 Å². The van der Waals surface area contributed by atoms with Gasteiger partial charge in [0.15, 0.2) is 6.61 Å². The number of imide groups is 1. The normalized spacial score (nSPS) is 21.2. The lowest BCUT2D eigenvalue weighted by Crippen LogP contribution is -2.45. The summed E-state index contributed by atoms with van der Waals surface area (Å²) in [7, 11) is 0. The van der Waals surface area contributed by atoms with E-state index in [4.69, 9.17) is 16.3 Å². The molecule has 1 saturated carbocycles. The second-order valence-electron chi connectivity index (χ2n) is 7.88. The van der Waals surface area contributed by atoms with Crippen molar-refractivity contribution in [3.63, 3.8) is 0 Å². The monoisotopic (exact) mass is 459 g/mol. The fraction of sp³-hybridized carbons (Fsp3) is 0.429. The molecule has 4 rings (SSSR count). The molecule has 1 aliphatic carbocycles. The van der Waals surface area contributed by atoms with E-state index in [1.54, 1.807) is 12.1 Å². The molecule has 2 fully saturated rings. The van der Waals surface area contributed by atoms with Gasteiger partial charge in [0.1, 0.15) is 18.7 Å². The Balaban J connectivity index is 1.38. The number of halogens is 1. The average Bonchev–Trinajstić information content (AvgIpc) is 3.39. The van der Waals surface area contributed by atoms with Crippen molar-refractivity contribution < 1.29 is 23.9 Å². The molecule has 168 valence electrons. The van der Waals surface area contributed by atoms with E-state index in [2.05, 4.69) is 15.4 Å². The Kier molecular flexibility index (Phi) is 6.22. The maximum atomic E-state index is 12.6. The summed E-state index contributed by atoms with van der Waals surface area (Å²) in [4.78, 5) is 55.1. The van der Waals surface area contributed by atoms with Gasteiger partial charge < -0.3 is 10.1 Å². The third-order valence-electron chi connectivity index (χ3n) is 5.85. The van der Waals surface area contributed by atoms with Crippen molar-refractivity contribution in [3.8, 4) is 5.69 Å². The van der Waals surface area contributed by atoms with Crippen molar-refractivity contribution in [1.29, 1.82) is 0 Å². The Bertz CT molecular complexity index is 1030. The molecule has 2 heterocycles. The fourth-order valence-corrected chi connectivity index (χ4v) is 4.43. The molecule has 11 heteroatoms. The minimum Gasteiger partial charge on any atom is -0.454 e. The van der Waals surface area contributed by atoms with E-state index in [1.807, 2.05) is 0 Å². The third kappa shape index (κ3) is 4.22. The molecule has 0 bridgehead atoms. The predicted octanol–water partition coefficient (Wildman–Crippen LogP) is 1.97. The van der Waals surface area contributed by atoms with Gasteiger partial charge in [0.2, 0.25) is 11.8 Å². The minimum atomic E-state index is -1.09. The number of esters is 1. The maximum Gasteiger partial charge on any atom is 0.329 e. The number of carbonyl (C=O) groups is 4. The van der Waals surface area contributed by atoms with Gasteiger partial charge in [0.25, 0.3) is 5.91 Å². The molecule has 1 aliphatic heterocycles. The van der Waals surface area contributed by atoms with E-state index in [-0.39, 0.29) is 23.7 Å². The number of rotatable bonds is 6. The maximum absolute atomic E-state index is 12.6. The molecule has 2 aromatic rings. The number of anilines is 1. The third-order valence-corrected chi connectivity index (χ3v) is 6.08. The highest BCUT2D eigenvalue weighted by Crippen LogP contribution is 2.38. The van der Waals surface area contributed by atoms with Crippen molar-refractivity contribution in [2.45, 2.75) is 38.6 Å². The smallest absolute Gasteiger partial charge is 0.329 e. The van der Waals surface area contributed by atoms with Gasteiger partial charge >= 0.3 is 5.97 Å². The molecule has 2 unspecified atom stereocenters. The molecule has 1 N–H and O–H groups in total. The molecule has 0 radical (unpaired) electrons. The number of ether oxygens (including phenoxy) is 1. The van der Waals surface area contributed by atoms with Crippen molar-refractivity contribution in [1.82, 2.24) is 19.7 Å². The SMILES string of the molecule is C[C@@H](C(=O)OCC(=O)Nc1cc(Cl)ccc1-n1cncn1)N1C(=O)C2CCCCC2C1=O. The summed E-state index contributed by atoms with van der Waals surface area (Å²) in [6.07, 6.45) is 5.91. The quantitative estimate of drug-likeness (QED) is 0.517. The minimum absolute atomic E-state index is 0.329. The number of aromatic nitrogens is 3. The standard InChI is InChI=1S/C21H22ClN5O5/c1-12(27-19(29)14-4-2-3-5-15(14)20(27)30)21(31)32-9-18(28)25-16-8-13(22)6-7-17(16)26-11-23-10-24-26/h6-8,10-12,14-15H,2-5,9H2,1H3,(H,25,28)/t12-,14?,15?/m0/s1. The molecular formula is C21H22ClN5O5. The average molecular weight is 460 g/mol. The van der Waals surface area contributed by atoms with Crippen LogP contribution in [0.2, 0.25) is 5.02 Å². The van der Waals surface area contributed by atoms with Gasteiger partial charge in [-0.25, -0.2) is 14.5 Å². The highest BCUT2D eigenvalue weighted by Gasteiger charge is 2.51. The first-order chi connectivity index (χ1) is 15.4. The van der Waals surface area contributed by atoms with Crippen LogP contribution in [0.25, 0.3) is 5.69 Å². The second-order valence-corrected chi connectivity index (χ2v) is 8.31. The van der Waals surface area contributed by atoms with Crippen LogP contribution in [0.1, 0.15) is 32.6 Å². The predicted molar refractivity (Wildman–Crippen MR) is 113 cm³/mol. The summed E-state index contributed by atoms with van der Waals surface area (Å²) >= 11 is 6.03. The molecule has 1 aromatic carbocycles. The van der Waals surface area contributed by atoms with Crippen LogP contribution in [0, 0.1) is 11.8 Å². The van der Waals surface area contributed by atoms with E-state index in [1.165, 1.54) is 30.3 Å². The first kappa shape index (κ1) is 21.9. The lowest BCUT2D eigenvalue weighted by molar-refractivity contribution is -0.159. The summed E-state index contributed by atoms with van der Waals surface area (Å²) in [5.74, 6) is -2.79. The number of likely N-dealkylation sites (tertiary alicyclic amines) is 1. The summed E-state index contributed by atoms with van der Waals surface area (Å²) in [5, 5.41) is 7.04. The van der Waals surface area contributed by atoms with Gasteiger partial charge in [0, 0.05) is 5.02 Å². The van der Waals surface area contributed by atoms with Crippen LogP contribution in [0.4, 0.5) is 5.69 Å². The van der Waals surface area contributed by atoms with Crippen molar-refractivity contribution in [2.75, 3.05) is 11.9 Å². The zero-order chi connectivity index (χ0) is 22.8. The van der Waals surface area contributed by atoms with Gasteiger partial charge in [-0.2, -0.15) is 5.10 Å². The van der Waals surface area contributed by atoms with Crippen LogP contribution in [-0.2, 0) is 23.9 Å². The summed E-state index contributed by atoms with van der Waals surface area (Å²) in [6, 6.07) is 3.73. The Hall–Kier alpha value is -3.27. The molecule has 10 nitrogen and oxygen atoms in total. The van der Waals surface area contributed by atoms with Crippen LogP contribution in [-0.4, -0.2) is 56.0 Å². The van der Waals surface area contributed by atoms with Crippen LogP contribution < -0.4 is 5.32 Å². The molecule has 3 amide bonds. The van der Waals surface area contributed by atoms with Gasteiger partial charge in [0.05, 0.1) is 23.2 Å². The van der Waals surface area contributed by atoms with Crippen molar-refractivity contribution in [2.24, 2.45) is 11.8 Å². The Morgan fingerprint density at radius 1 is 1.22 bits per heavy atom. The number of hydrogen-bond acceptors (Lipinski definition) is 7. The molecule has 0 spiro atoms.